The summed E-state index contributed by atoms with van der Waals surface area (Å²) >= 11 is 1.70. The topological polar surface area (TPSA) is 48.7 Å². The number of hydrogen-bond donors (Lipinski definition) is 1. The van der Waals surface area contributed by atoms with E-state index in [9.17, 15) is 0 Å². The number of thiazole rings is 1. The van der Waals surface area contributed by atoms with Gasteiger partial charge in [0.05, 0.1) is 26.9 Å². The summed E-state index contributed by atoms with van der Waals surface area (Å²) in [7, 11) is 0. The van der Waals surface area contributed by atoms with Gasteiger partial charge >= 0.3 is 0 Å². The van der Waals surface area contributed by atoms with Crippen LogP contribution in [0.3, 0.4) is 0 Å². The molecule has 1 aromatic heterocycles. The second-order valence-corrected chi connectivity index (χ2v) is 5.82. The lowest BCUT2D eigenvalue weighted by atomic mass is 10.1. The summed E-state index contributed by atoms with van der Waals surface area (Å²) in [4.78, 5) is 4.45. The lowest BCUT2D eigenvalue weighted by Crippen LogP contribution is -1.99. The molecule has 0 saturated heterocycles. The highest BCUT2D eigenvalue weighted by Crippen LogP contribution is 2.25. The average Bonchev–Trinajstić information content (AvgIpc) is 2.84. The van der Waals surface area contributed by atoms with Gasteiger partial charge in [0.1, 0.15) is 0 Å². The summed E-state index contributed by atoms with van der Waals surface area (Å²) in [6.45, 7) is 2.73. The molecule has 0 bridgehead atoms. The molecular weight excluding hydrogens is 266 g/mol. The number of hydrogen-bond acceptors (Lipinski definition) is 4. The minimum absolute atomic E-state index is 0.692. The molecule has 0 spiro atoms. The van der Waals surface area contributed by atoms with E-state index in [0.717, 1.165) is 21.8 Å². The summed E-state index contributed by atoms with van der Waals surface area (Å²) in [6, 6.07) is 16.0. The van der Waals surface area contributed by atoms with Crippen molar-refractivity contribution in [2.24, 2.45) is 0 Å². The highest BCUT2D eigenvalue weighted by Gasteiger charge is 2.02. The largest absolute Gasteiger partial charge is 0.381 e. The molecule has 3 nitrogen and oxygen atoms in total. The first-order valence-electron chi connectivity index (χ1n) is 6.35. The maximum atomic E-state index is 8.89. The Morgan fingerprint density at radius 3 is 3.00 bits per heavy atom. The van der Waals surface area contributed by atoms with Crippen LogP contribution in [-0.4, -0.2) is 4.98 Å². The van der Waals surface area contributed by atoms with Crippen LogP contribution in [0.15, 0.2) is 42.5 Å². The summed E-state index contributed by atoms with van der Waals surface area (Å²) in [5.41, 5.74) is 3.91. The quantitative estimate of drug-likeness (QED) is 0.785. The number of benzene rings is 2. The van der Waals surface area contributed by atoms with E-state index >= 15 is 0 Å². The zero-order valence-electron chi connectivity index (χ0n) is 11.1. The van der Waals surface area contributed by atoms with E-state index in [1.165, 1.54) is 4.70 Å². The van der Waals surface area contributed by atoms with Crippen molar-refractivity contribution in [2.45, 2.75) is 13.5 Å². The molecule has 0 aliphatic rings. The highest BCUT2D eigenvalue weighted by molar-refractivity contribution is 7.18. The first-order valence-corrected chi connectivity index (χ1v) is 7.16. The molecule has 98 valence electrons. The molecule has 0 saturated carbocycles. The molecule has 0 radical (unpaired) electrons. The third-order valence-corrected chi connectivity index (χ3v) is 3.98. The Morgan fingerprint density at radius 2 is 2.15 bits per heavy atom. The standard InChI is InChI=1S/C16H13N3S/c1-11-19-15-6-5-14(8-16(15)20-11)18-10-13-4-2-3-12(7-13)9-17/h2-8,18H,10H2,1H3. The maximum Gasteiger partial charge on any atom is 0.0991 e. The smallest absolute Gasteiger partial charge is 0.0991 e. The molecule has 3 aromatic rings. The highest BCUT2D eigenvalue weighted by atomic mass is 32.1. The van der Waals surface area contributed by atoms with E-state index < -0.39 is 0 Å². The molecule has 0 unspecified atom stereocenters. The van der Waals surface area contributed by atoms with Crippen LogP contribution in [0.4, 0.5) is 5.69 Å². The van der Waals surface area contributed by atoms with Crippen molar-refractivity contribution in [1.82, 2.24) is 4.98 Å². The number of nitriles is 1. The average molecular weight is 279 g/mol. The number of aromatic nitrogens is 1. The van der Waals surface area contributed by atoms with Gasteiger partial charge in [0.2, 0.25) is 0 Å². The zero-order chi connectivity index (χ0) is 13.9. The van der Waals surface area contributed by atoms with E-state index in [1.807, 2.05) is 43.3 Å². The molecule has 4 heteroatoms. The van der Waals surface area contributed by atoms with E-state index in [1.54, 1.807) is 11.3 Å². The second kappa shape index (κ2) is 5.32. The molecule has 0 atom stereocenters. The van der Waals surface area contributed by atoms with Gasteiger partial charge in [0, 0.05) is 12.2 Å². The fourth-order valence-corrected chi connectivity index (χ4v) is 2.97. The van der Waals surface area contributed by atoms with Gasteiger partial charge in [-0.15, -0.1) is 11.3 Å². The molecule has 0 fully saturated rings. The lowest BCUT2D eigenvalue weighted by molar-refractivity contribution is 1.15. The Bertz CT molecular complexity index is 799. The van der Waals surface area contributed by atoms with Crippen LogP contribution in [0.25, 0.3) is 10.2 Å². The summed E-state index contributed by atoms with van der Waals surface area (Å²) < 4.78 is 1.19. The third-order valence-electron chi connectivity index (χ3n) is 3.05. The minimum Gasteiger partial charge on any atom is -0.381 e. The van der Waals surface area contributed by atoms with Crippen molar-refractivity contribution in [2.75, 3.05) is 5.32 Å². The van der Waals surface area contributed by atoms with Crippen molar-refractivity contribution in [3.8, 4) is 6.07 Å². The van der Waals surface area contributed by atoms with Crippen LogP contribution >= 0.6 is 11.3 Å². The van der Waals surface area contributed by atoms with Crippen LogP contribution in [0.2, 0.25) is 0 Å². The minimum atomic E-state index is 0.692. The number of rotatable bonds is 3. The Balaban J connectivity index is 1.77. The molecule has 1 N–H and O–H groups in total. The molecule has 0 aliphatic carbocycles. The van der Waals surface area contributed by atoms with Crippen molar-refractivity contribution < 1.29 is 0 Å². The predicted molar refractivity (Wildman–Crippen MR) is 82.8 cm³/mol. The molecule has 2 aromatic carbocycles. The first-order chi connectivity index (χ1) is 9.74. The van der Waals surface area contributed by atoms with E-state index in [4.69, 9.17) is 5.26 Å². The van der Waals surface area contributed by atoms with Crippen LogP contribution in [-0.2, 0) is 6.54 Å². The van der Waals surface area contributed by atoms with Gasteiger partial charge in [-0.1, -0.05) is 12.1 Å². The normalized spacial score (nSPS) is 10.4. The molecule has 3 rings (SSSR count). The second-order valence-electron chi connectivity index (χ2n) is 4.58. The monoisotopic (exact) mass is 279 g/mol. The van der Waals surface area contributed by atoms with Crippen LogP contribution < -0.4 is 5.32 Å². The Morgan fingerprint density at radius 1 is 1.25 bits per heavy atom. The van der Waals surface area contributed by atoms with Gasteiger partial charge in [-0.2, -0.15) is 5.26 Å². The molecule has 1 heterocycles. The molecule has 0 aliphatic heterocycles. The maximum absolute atomic E-state index is 8.89. The number of aryl methyl sites for hydroxylation is 1. The molecular formula is C16H13N3S. The van der Waals surface area contributed by atoms with Gasteiger partial charge in [-0.3, -0.25) is 0 Å². The zero-order valence-corrected chi connectivity index (χ0v) is 11.9. The third kappa shape index (κ3) is 2.63. The van der Waals surface area contributed by atoms with Crippen molar-refractivity contribution in [3.05, 3.63) is 58.6 Å². The van der Waals surface area contributed by atoms with Gasteiger partial charge in [0.15, 0.2) is 0 Å². The Kier molecular flexibility index (Phi) is 3.36. The van der Waals surface area contributed by atoms with Crippen LogP contribution in [0.5, 0.6) is 0 Å². The van der Waals surface area contributed by atoms with Crippen molar-refractivity contribution >= 4 is 27.2 Å². The predicted octanol–water partition coefficient (Wildman–Crippen LogP) is 4.09. The van der Waals surface area contributed by atoms with Crippen molar-refractivity contribution in [1.29, 1.82) is 5.26 Å². The Hall–Kier alpha value is -2.38. The van der Waals surface area contributed by atoms with Crippen molar-refractivity contribution in [3.63, 3.8) is 0 Å². The van der Waals surface area contributed by atoms with Crippen LogP contribution in [0, 0.1) is 18.3 Å². The number of nitrogens with one attached hydrogen (secondary N) is 1. The van der Waals surface area contributed by atoms with Crippen LogP contribution in [0.1, 0.15) is 16.1 Å². The number of fused-ring (bicyclic) bond motifs is 1. The fraction of sp³-hybridized carbons (Fsp3) is 0.125. The van der Waals surface area contributed by atoms with E-state index in [2.05, 4.69) is 22.4 Å². The van der Waals surface area contributed by atoms with Gasteiger partial charge in [0.25, 0.3) is 0 Å². The van der Waals surface area contributed by atoms with Gasteiger partial charge in [-0.25, -0.2) is 4.98 Å². The number of anilines is 1. The SMILES string of the molecule is Cc1nc2ccc(NCc3cccc(C#N)c3)cc2s1. The lowest BCUT2D eigenvalue weighted by Gasteiger charge is -2.06. The molecule has 20 heavy (non-hydrogen) atoms. The van der Waals surface area contributed by atoms with E-state index in [-0.39, 0.29) is 0 Å². The Labute approximate surface area is 121 Å². The summed E-state index contributed by atoms with van der Waals surface area (Å²) in [6.07, 6.45) is 0. The summed E-state index contributed by atoms with van der Waals surface area (Å²) in [5.74, 6) is 0. The van der Waals surface area contributed by atoms with Gasteiger partial charge in [-0.05, 0) is 42.8 Å². The summed E-state index contributed by atoms with van der Waals surface area (Å²) in [5, 5.41) is 13.4. The first kappa shape index (κ1) is 12.6. The molecule has 0 amide bonds. The fourth-order valence-electron chi connectivity index (χ4n) is 2.10. The van der Waals surface area contributed by atoms with Gasteiger partial charge < -0.3 is 5.32 Å². The number of nitrogens with zero attached hydrogens (tertiary/aromatic N) is 2. The van der Waals surface area contributed by atoms with E-state index in [0.29, 0.717) is 12.1 Å².